The third-order valence-electron chi connectivity index (χ3n) is 5.50. The van der Waals surface area contributed by atoms with Crippen molar-refractivity contribution < 1.29 is 27.2 Å². The van der Waals surface area contributed by atoms with Crippen LogP contribution in [0.3, 0.4) is 0 Å². The molecule has 0 bridgehead atoms. The molecule has 0 saturated carbocycles. The second-order valence-corrected chi connectivity index (χ2v) is 8.39. The Labute approximate surface area is 274 Å². The number of rotatable bonds is 4. The molecule has 0 atom stereocenters. The van der Waals surface area contributed by atoms with Crippen molar-refractivity contribution in [3.05, 3.63) is 165 Å². The Balaban J connectivity index is 0.000000345. The Bertz CT molecular complexity index is 1500. The molecule has 2 N–H and O–H groups in total. The maximum absolute atomic E-state index is 8.25. The minimum atomic E-state index is -1.75. The normalized spacial score (nSPS) is 8.87. The molecule has 4 aromatic carbocycles. The maximum Gasteiger partial charge on any atom is 2.00 e. The molecule has 2 aromatic heterocycles. The number of benzene rings is 4. The van der Waals surface area contributed by atoms with E-state index in [1.54, 1.807) is 18.7 Å². The van der Waals surface area contributed by atoms with Gasteiger partial charge < -0.3 is 40.6 Å². The fraction of sp³-hybridized carbons (Fsp3) is 0.0312. The van der Waals surface area contributed by atoms with Crippen molar-refractivity contribution in [3.63, 3.8) is 0 Å². The molecule has 0 aliphatic rings. The van der Waals surface area contributed by atoms with Crippen LogP contribution in [0.25, 0.3) is 45.0 Å². The van der Waals surface area contributed by atoms with Crippen LogP contribution in [-0.2, 0) is 17.1 Å². The van der Waals surface area contributed by atoms with Crippen LogP contribution in [0.1, 0.15) is 6.92 Å². The molecule has 0 unspecified atom stereocenters. The number of nitriles is 1. The van der Waals surface area contributed by atoms with E-state index in [9.17, 15) is 0 Å². The Kier molecular flexibility index (Phi) is 17.6. The zero-order chi connectivity index (χ0) is 32.9. The molecule has 6 aromatic rings. The SMILES string of the molecule is CC#N.O=[N+]([O-])[O-].O=[N+]([O-])[O-].[Cu+2].c1ccc(-c2nc[nH]c2-c2ccccc2)cc1.c1ccc(-c2nc[nH]c2-c2ccccc2)cc1. The Morgan fingerprint density at radius 1 is 0.543 bits per heavy atom. The summed E-state index contributed by atoms with van der Waals surface area (Å²) in [5.41, 5.74) is 8.70. The van der Waals surface area contributed by atoms with Gasteiger partial charge in [-0.05, 0) is 0 Å². The van der Waals surface area contributed by atoms with Crippen LogP contribution in [0.2, 0.25) is 0 Å². The zero-order valence-electron chi connectivity index (χ0n) is 24.2. The molecular formula is C32H27CuN7O6. The molecule has 0 amide bonds. The van der Waals surface area contributed by atoms with Crippen LogP contribution in [0.15, 0.2) is 134 Å². The van der Waals surface area contributed by atoms with Crippen molar-refractivity contribution in [3.8, 4) is 51.1 Å². The average molecular weight is 669 g/mol. The summed E-state index contributed by atoms with van der Waals surface area (Å²) in [5, 5.41) is 36.8. The summed E-state index contributed by atoms with van der Waals surface area (Å²) in [6, 6.07) is 42.7. The van der Waals surface area contributed by atoms with Crippen LogP contribution in [-0.4, -0.2) is 30.1 Å². The standard InChI is InChI=1S/2C15H12N2.C2H3N.Cu.2NO3/c2*1-3-7-12(8-4-1)14-15(17-11-16-14)13-9-5-2-6-10-13;1-2-3;;2*2-1(3)4/h2*1-11H,(H,16,17);1H3;;;/q;;;+2;2*-1. The zero-order valence-corrected chi connectivity index (χ0v) is 25.1. The number of aromatic nitrogens is 4. The first kappa shape index (κ1) is 37.7. The van der Waals surface area contributed by atoms with E-state index >= 15 is 0 Å². The summed E-state index contributed by atoms with van der Waals surface area (Å²) >= 11 is 0. The minimum Gasteiger partial charge on any atom is -0.356 e. The van der Waals surface area contributed by atoms with E-state index in [1.807, 2.05) is 72.8 Å². The van der Waals surface area contributed by atoms with Crippen molar-refractivity contribution in [2.75, 3.05) is 0 Å². The second kappa shape index (κ2) is 21.4. The molecular weight excluding hydrogens is 642 g/mol. The van der Waals surface area contributed by atoms with Gasteiger partial charge in [0.15, 0.2) is 0 Å². The van der Waals surface area contributed by atoms with Crippen LogP contribution in [0.4, 0.5) is 0 Å². The van der Waals surface area contributed by atoms with Gasteiger partial charge in [0.05, 0.1) is 51.7 Å². The van der Waals surface area contributed by atoms with Gasteiger partial charge in [-0.1, -0.05) is 121 Å². The molecule has 6 rings (SSSR count). The van der Waals surface area contributed by atoms with E-state index in [2.05, 4.69) is 68.5 Å². The number of nitrogens with one attached hydrogen (secondary N) is 2. The van der Waals surface area contributed by atoms with Crippen molar-refractivity contribution in [2.45, 2.75) is 6.92 Å². The predicted octanol–water partition coefficient (Wildman–Crippen LogP) is 7.54. The van der Waals surface area contributed by atoms with Gasteiger partial charge >= 0.3 is 17.1 Å². The molecule has 2 heterocycles. The molecule has 0 aliphatic carbocycles. The van der Waals surface area contributed by atoms with Crippen molar-refractivity contribution in [2.24, 2.45) is 0 Å². The van der Waals surface area contributed by atoms with E-state index in [-0.39, 0.29) is 17.1 Å². The summed E-state index contributed by atoms with van der Waals surface area (Å²) in [6.07, 6.45) is 3.48. The number of imidazole rings is 2. The van der Waals surface area contributed by atoms with Crippen molar-refractivity contribution in [1.29, 1.82) is 5.26 Å². The molecule has 1 radical (unpaired) electrons. The molecule has 0 aliphatic heterocycles. The summed E-state index contributed by atoms with van der Waals surface area (Å²) < 4.78 is 0. The molecule has 46 heavy (non-hydrogen) atoms. The molecule has 237 valence electrons. The minimum absolute atomic E-state index is 0. The summed E-state index contributed by atoms with van der Waals surface area (Å²) in [6.45, 7) is 1.43. The number of nitrogens with zero attached hydrogens (tertiary/aromatic N) is 5. The first-order valence-corrected chi connectivity index (χ1v) is 13.0. The average Bonchev–Trinajstić information content (AvgIpc) is 3.74. The second-order valence-electron chi connectivity index (χ2n) is 8.39. The number of hydrogen-bond donors (Lipinski definition) is 2. The van der Waals surface area contributed by atoms with Crippen LogP contribution in [0, 0.1) is 42.0 Å². The topological polar surface area (TPSA) is 214 Å². The summed E-state index contributed by atoms with van der Waals surface area (Å²) in [7, 11) is 0. The molecule has 0 spiro atoms. The Morgan fingerprint density at radius 3 is 1.00 bits per heavy atom. The van der Waals surface area contributed by atoms with E-state index in [4.69, 9.17) is 35.9 Å². The molecule has 13 nitrogen and oxygen atoms in total. The number of aromatic amines is 2. The number of H-pyrrole nitrogens is 2. The third kappa shape index (κ3) is 13.3. The summed E-state index contributed by atoms with van der Waals surface area (Å²) in [5.74, 6) is 0. The van der Waals surface area contributed by atoms with E-state index in [0.29, 0.717) is 0 Å². The fourth-order valence-electron chi connectivity index (χ4n) is 3.87. The first-order chi connectivity index (χ1) is 21.8. The van der Waals surface area contributed by atoms with Crippen molar-refractivity contribution in [1.82, 2.24) is 19.9 Å². The van der Waals surface area contributed by atoms with Gasteiger partial charge in [-0.15, -0.1) is 0 Å². The molecule has 0 saturated heterocycles. The van der Waals surface area contributed by atoms with Gasteiger partial charge in [-0.2, -0.15) is 5.26 Å². The van der Waals surface area contributed by atoms with Gasteiger partial charge in [-0.3, -0.25) is 0 Å². The number of hydrogen-bond acceptors (Lipinski definition) is 9. The van der Waals surface area contributed by atoms with Gasteiger partial charge in [0, 0.05) is 29.2 Å². The first-order valence-electron chi connectivity index (χ1n) is 13.0. The van der Waals surface area contributed by atoms with Gasteiger partial charge in [0.25, 0.3) is 0 Å². The van der Waals surface area contributed by atoms with Crippen LogP contribution in [0.5, 0.6) is 0 Å². The quantitative estimate of drug-likeness (QED) is 0.108. The predicted molar refractivity (Wildman–Crippen MR) is 171 cm³/mol. The molecule has 14 heteroatoms. The van der Waals surface area contributed by atoms with E-state index < -0.39 is 10.2 Å². The van der Waals surface area contributed by atoms with Crippen LogP contribution >= 0.6 is 0 Å². The fourth-order valence-corrected chi connectivity index (χ4v) is 3.87. The third-order valence-corrected chi connectivity index (χ3v) is 5.50. The maximum atomic E-state index is 8.25. The van der Waals surface area contributed by atoms with E-state index in [1.165, 1.54) is 6.92 Å². The Morgan fingerprint density at radius 2 is 0.761 bits per heavy atom. The smallest absolute Gasteiger partial charge is 0.356 e. The van der Waals surface area contributed by atoms with Gasteiger partial charge in [0.2, 0.25) is 0 Å². The van der Waals surface area contributed by atoms with Gasteiger partial charge in [-0.25, -0.2) is 9.97 Å². The largest absolute Gasteiger partial charge is 2.00 e. The van der Waals surface area contributed by atoms with Crippen molar-refractivity contribution >= 4 is 0 Å². The summed E-state index contributed by atoms with van der Waals surface area (Å²) in [4.78, 5) is 31.7. The van der Waals surface area contributed by atoms with Crippen LogP contribution < -0.4 is 0 Å². The van der Waals surface area contributed by atoms with E-state index in [0.717, 1.165) is 45.0 Å². The molecule has 0 fully saturated rings. The van der Waals surface area contributed by atoms with Gasteiger partial charge in [0.1, 0.15) is 0 Å². The monoisotopic (exact) mass is 668 g/mol. The Hall–Kier alpha value is -6.29.